The summed E-state index contributed by atoms with van der Waals surface area (Å²) in [4.78, 5) is 14.6. The Kier molecular flexibility index (Phi) is 2.78. The molecule has 1 aliphatic rings. The Morgan fingerprint density at radius 2 is 1.89 bits per heavy atom. The normalized spacial score (nSPS) is 21.9. The Labute approximate surface area is 115 Å². The Hall–Kier alpha value is -2.09. The monoisotopic (exact) mass is 252 g/mol. The lowest BCUT2D eigenvalue weighted by atomic mass is 10.1. The highest BCUT2D eigenvalue weighted by Crippen LogP contribution is 2.34. The molecule has 2 aromatic rings. The predicted octanol–water partition coefficient (Wildman–Crippen LogP) is 3.67. The molecule has 2 unspecified atom stereocenters. The number of benzene rings is 2. The topological polar surface area (TPSA) is 20.3 Å². The number of nitrogens with zero attached hydrogens (tertiary/aromatic N) is 1. The van der Waals surface area contributed by atoms with Crippen LogP contribution in [0.15, 0.2) is 54.6 Å². The lowest BCUT2D eigenvalue weighted by Gasteiger charge is -2.24. The molecule has 3 rings (SSSR count). The molecule has 2 nitrogen and oxygen atoms in total. The molecule has 1 aliphatic heterocycles. The molecular formula is C17H17NO. The standard InChI is InChI=1S/C17H17NO/c1-2-15-12-14-10-6-7-11-16(14)18(15)17(19)13-8-4-3-5-9-13/h3-11,15H,2,12H2,1H3/i12D. The van der Waals surface area contributed by atoms with Gasteiger partial charge in [-0.05, 0) is 36.6 Å². The molecular weight excluding hydrogens is 234 g/mol. The van der Waals surface area contributed by atoms with Crippen molar-refractivity contribution in [3.63, 3.8) is 0 Å². The van der Waals surface area contributed by atoms with Crippen molar-refractivity contribution in [2.75, 3.05) is 4.90 Å². The fourth-order valence-corrected chi connectivity index (χ4v) is 2.59. The molecule has 0 fully saturated rings. The number of hydrogen-bond donors (Lipinski definition) is 0. The van der Waals surface area contributed by atoms with Crippen LogP contribution in [-0.2, 0) is 6.40 Å². The minimum absolute atomic E-state index is 0.0142. The number of para-hydroxylation sites is 1. The summed E-state index contributed by atoms with van der Waals surface area (Å²) in [5, 5.41) is 0. The summed E-state index contributed by atoms with van der Waals surface area (Å²) in [5.41, 5.74) is 2.51. The van der Waals surface area contributed by atoms with E-state index in [-0.39, 0.29) is 18.3 Å². The van der Waals surface area contributed by atoms with Crippen LogP contribution in [0.25, 0.3) is 0 Å². The third kappa shape index (κ3) is 2.03. The van der Waals surface area contributed by atoms with Gasteiger partial charge >= 0.3 is 0 Å². The largest absolute Gasteiger partial charge is 0.305 e. The van der Waals surface area contributed by atoms with Crippen molar-refractivity contribution in [3.8, 4) is 0 Å². The highest BCUT2D eigenvalue weighted by atomic mass is 16.2. The lowest BCUT2D eigenvalue weighted by Crippen LogP contribution is -2.37. The smallest absolute Gasteiger partial charge is 0.258 e. The van der Waals surface area contributed by atoms with Crippen molar-refractivity contribution in [2.24, 2.45) is 0 Å². The van der Waals surface area contributed by atoms with Crippen LogP contribution >= 0.6 is 0 Å². The van der Waals surface area contributed by atoms with E-state index in [1.54, 1.807) is 4.90 Å². The lowest BCUT2D eigenvalue weighted by molar-refractivity contribution is 0.0979. The summed E-state index contributed by atoms with van der Waals surface area (Å²) < 4.78 is 8.36. The second-order valence-electron chi connectivity index (χ2n) is 4.74. The number of anilines is 1. The molecule has 0 radical (unpaired) electrons. The van der Waals surface area contributed by atoms with E-state index in [1.807, 2.05) is 61.5 Å². The average molecular weight is 252 g/mol. The van der Waals surface area contributed by atoms with Gasteiger partial charge in [0.15, 0.2) is 0 Å². The average Bonchev–Trinajstić information content (AvgIpc) is 2.80. The summed E-state index contributed by atoms with van der Waals surface area (Å²) in [5.74, 6) is -0.0142. The third-order valence-corrected chi connectivity index (χ3v) is 3.56. The summed E-state index contributed by atoms with van der Waals surface area (Å²) in [6, 6.07) is 17.0. The molecule has 0 aliphatic carbocycles. The van der Waals surface area contributed by atoms with Gasteiger partial charge in [0.05, 0.1) is 0 Å². The van der Waals surface area contributed by atoms with Crippen molar-refractivity contribution in [1.82, 2.24) is 0 Å². The molecule has 0 bridgehead atoms. The maximum absolute atomic E-state index is 12.8. The molecule has 0 N–H and O–H groups in total. The minimum Gasteiger partial charge on any atom is -0.305 e. The van der Waals surface area contributed by atoms with Crippen LogP contribution in [-0.4, -0.2) is 11.9 Å². The zero-order valence-electron chi connectivity index (χ0n) is 11.9. The Bertz CT molecular complexity index is 626. The van der Waals surface area contributed by atoms with E-state index in [2.05, 4.69) is 0 Å². The van der Waals surface area contributed by atoms with Crippen LogP contribution in [0.2, 0.25) is 0 Å². The van der Waals surface area contributed by atoms with Crippen LogP contribution < -0.4 is 4.90 Å². The predicted molar refractivity (Wildman–Crippen MR) is 77.5 cm³/mol. The van der Waals surface area contributed by atoms with E-state index >= 15 is 0 Å². The number of hydrogen-bond acceptors (Lipinski definition) is 1. The van der Waals surface area contributed by atoms with Crippen molar-refractivity contribution in [1.29, 1.82) is 0 Å². The van der Waals surface area contributed by atoms with E-state index in [0.717, 1.165) is 17.7 Å². The highest BCUT2D eigenvalue weighted by Gasteiger charge is 2.32. The molecule has 0 saturated carbocycles. The van der Waals surface area contributed by atoms with E-state index in [1.165, 1.54) is 0 Å². The summed E-state index contributed by atoms with van der Waals surface area (Å²) in [6.45, 7) is 2.03. The first-order valence-electron chi connectivity index (χ1n) is 7.21. The van der Waals surface area contributed by atoms with Gasteiger partial charge in [0.2, 0.25) is 0 Å². The molecule has 2 heteroatoms. The first kappa shape index (κ1) is 10.8. The van der Waals surface area contributed by atoms with Crippen molar-refractivity contribution >= 4 is 11.6 Å². The van der Waals surface area contributed by atoms with Crippen LogP contribution in [0.1, 0.15) is 30.6 Å². The van der Waals surface area contributed by atoms with Gasteiger partial charge in [-0.2, -0.15) is 0 Å². The Morgan fingerprint density at radius 3 is 2.63 bits per heavy atom. The SMILES string of the molecule is [2H]C1c2ccccc2N(C(=O)c2ccccc2)C1CC. The van der Waals surface area contributed by atoms with Crippen molar-refractivity contribution < 1.29 is 6.17 Å². The maximum atomic E-state index is 12.8. The number of rotatable bonds is 2. The summed E-state index contributed by atoms with van der Waals surface area (Å²) >= 11 is 0. The van der Waals surface area contributed by atoms with Crippen LogP contribution in [0.4, 0.5) is 5.69 Å². The van der Waals surface area contributed by atoms with E-state index in [0.29, 0.717) is 5.56 Å². The van der Waals surface area contributed by atoms with Gasteiger partial charge in [0, 0.05) is 18.7 Å². The maximum Gasteiger partial charge on any atom is 0.258 e. The second-order valence-corrected chi connectivity index (χ2v) is 4.74. The van der Waals surface area contributed by atoms with Crippen molar-refractivity contribution in [3.05, 3.63) is 65.7 Å². The molecule has 2 aromatic carbocycles. The number of carbonyl (C=O) groups is 1. The number of carbonyl (C=O) groups excluding carboxylic acids is 1. The molecule has 0 saturated heterocycles. The Balaban J connectivity index is 2.05. The van der Waals surface area contributed by atoms with Gasteiger partial charge < -0.3 is 4.90 Å². The van der Waals surface area contributed by atoms with Gasteiger partial charge in [-0.3, -0.25) is 4.79 Å². The molecule has 0 spiro atoms. The van der Waals surface area contributed by atoms with Gasteiger partial charge in [0.1, 0.15) is 0 Å². The van der Waals surface area contributed by atoms with Gasteiger partial charge in [0.25, 0.3) is 5.91 Å². The molecule has 2 atom stereocenters. The zero-order chi connectivity index (χ0) is 14.1. The summed E-state index contributed by atoms with van der Waals surface area (Å²) in [6.07, 6.45) is 0.422. The Morgan fingerprint density at radius 1 is 1.21 bits per heavy atom. The van der Waals surface area contributed by atoms with Gasteiger partial charge in [-0.15, -0.1) is 0 Å². The summed E-state index contributed by atoms with van der Waals surface area (Å²) in [7, 11) is 0. The molecule has 1 amide bonds. The highest BCUT2D eigenvalue weighted by molar-refractivity contribution is 6.07. The second kappa shape index (κ2) is 4.88. The van der Waals surface area contributed by atoms with Crippen molar-refractivity contribution in [2.45, 2.75) is 25.8 Å². The quantitative estimate of drug-likeness (QED) is 0.798. The fraction of sp³-hybridized carbons (Fsp3) is 0.235. The third-order valence-electron chi connectivity index (χ3n) is 3.56. The molecule has 19 heavy (non-hydrogen) atoms. The van der Waals surface area contributed by atoms with E-state index in [9.17, 15) is 4.79 Å². The number of amides is 1. The van der Waals surface area contributed by atoms with E-state index in [4.69, 9.17) is 1.37 Å². The van der Waals surface area contributed by atoms with Gasteiger partial charge in [-0.25, -0.2) is 0 Å². The van der Waals surface area contributed by atoms with Crippen LogP contribution in [0, 0.1) is 0 Å². The van der Waals surface area contributed by atoms with Gasteiger partial charge in [-0.1, -0.05) is 43.3 Å². The molecule has 1 heterocycles. The first-order valence-corrected chi connectivity index (χ1v) is 6.63. The fourth-order valence-electron chi connectivity index (χ4n) is 2.59. The minimum atomic E-state index is -0.358. The van der Waals surface area contributed by atoms with Crippen LogP contribution in [0.3, 0.4) is 0 Å². The zero-order valence-corrected chi connectivity index (χ0v) is 10.9. The first-order chi connectivity index (χ1) is 9.74. The van der Waals surface area contributed by atoms with E-state index < -0.39 is 0 Å². The molecule has 96 valence electrons. The molecule has 0 aromatic heterocycles. The van der Waals surface area contributed by atoms with Crippen LogP contribution in [0.5, 0.6) is 0 Å². The number of fused-ring (bicyclic) bond motifs is 1.